The normalized spacial score (nSPS) is 11.6. The zero-order valence-electron chi connectivity index (χ0n) is 9.39. The predicted octanol–water partition coefficient (Wildman–Crippen LogP) is 5.44. The van der Waals surface area contributed by atoms with E-state index in [0.29, 0.717) is 14.7 Å². The zero-order valence-corrected chi connectivity index (χ0v) is 12.6. The van der Waals surface area contributed by atoms with Gasteiger partial charge in [0.05, 0.1) is 22.8 Å². The molecular weight excluding hydrogens is 391 g/mol. The highest BCUT2D eigenvalue weighted by molar-refractivity contribution is 9.10. The zero-order chi connectivity index (χ0) is 14.0. The number of alkyl halides is 3. The smallest absolute Gasteiger partial charge is 0.418 e. The number of nitrogens with one attached hydrogen (secondary N) is 1. The molecule has 7 heteroatoms. The van der Waals surface area contributed by atoms with E-state index < -0.39 is 11.7 Å². The van der Waals surface area contributed by atoms with Crippen LogP contribution < -0.4 is 5.32 Å². The van der Waals surface area contributed by atoms with E-state index >= 15 is 0 Å². The summed E-state index contributed by atoms with van der Waals surface area (Å²) < 4.78 is 44.9. The van der Waals surface area contributed by atoms with Crippen LogP contribution in [0.15, 0.2) is 43.9 Å². The second-order valence-electron chi connectivity index (χ2n) is 3.73. The maximum absolute atomic E-state index is 12.9. The van der Waals surface area contributed by atoms with E-state index in [2.05, 4.69) is 37.2 Å². The Balaban J connectivity index is 2.23. The molecule has 1 aromatic heterocycles. The van der Waals surface area contributed by atoms with E-state index in [9.17, 15) is 13.2 Å². The Kier molecular flexibility index (Phi) is 4.25. The van der Waals surface area contributed by atoms with Crippen LogP contribution in [0, 0.1) is 0 Å². The van der Waals surface area contributed by atoms with Gasteiger partial charge in [0, 0.05) is 10.2 Å². The van der Waals surface area contributed by atoms with Gasteiger partial charge in [-0.3, -0.25) is 0 Å². The summed E-state index contributed by atoms with van der Waals surface area (Å²) in [6, 6.07) is 5.65. The number of hydrogen-bond donors (Lipinski definition) is 1. The molecule has 0 unspecified atom stereocenters. The van der Waals surface area contributed by atoms with Crippen molar-refractivity contribution in [2.45, 2.75) is 12.7 Å². The Morgan fingerprint density at radius 2 is 1.89 bits per heavy atom. The SMILES string of the molecule is FC(F)(F)c1cc(Br)ccc1NCc1occc1Br. The van der Waals surface area contributed by atoms with Crippen molar-refractivity contribution in [2.75, 3.05) is 5.32 Å². The van der Waals surface area contributed by atoms with Gasteiger partial charge >= 0.3 is 6.18 Å². The number of rotatable bonds is 3. The van der Waals surface area contributed by atoms with Crippen LogP contribution in [0.4, 0.5) is 18.9 Å². The molecule has 1 N–H and O–H groups in total. The number of halogens is 5. The van der Waals surface area contributed by atoms with Gasteiger partial charge < -0.3 is 9.73 Å². The molecule has 2 nitrogen and oxygen atoms in total. The van der Waals surface area contributed by atoms with E-state index in [0.717, 1.165) is 6.07 Å². The van der Waals surface area contributed by atoms with Crippen LogP contribution in [0.25, 0.3) is 0 Å². The molecule has 0 atom stereocenters. The first-order chi connectivity index (χ1) is 8.88. The summed E-state index contributed by atoms with van der Waals surface area (Å²) in [6.45, 7) is 0.165. The molecular formula is C12H8Br2F3NO. The first kappa shape index (κ1) is 14.5. The average molecular weight is 399 g/mol. The van der Waals surface area contributed by atoms with Crippen LogP contribution in [-0.2, 0) is 12.7 Å². The number of benzene rings is 1. The van der Waals surface area contributed by atoms with Crippen molar-refractivity contribution < 1.29 is 17.6 Å². The molecule has 0 aliphatic carbocycles. The highest BCUT2D eigenvalue weighted by Crippen LogP contribution is 2.36. The fourth-order valence-electron chi connectivity index (χ4n) is 1.53. The lowest BCUT2D eigenvalue weighted by Crippen LogP contribution is -2.10. The molecule has 19 heavy (non-hydrogen) atoms. The number of anilines is 1. The molecule has 1 aromatic carbocycles. The van der Waals surface area contributed by atoms with Gasteiger partial charge in [0.25, 0.3) is 0 Å². The molecule has 0 spiro atoms. The first-order valence-electron chi connectivity index (χ1n) is 5.20. The summed E-state index contributed by atoms with van der Waals surface area (Å²) in [4.78, 5) is 0. The Hall–Kier alpha value is -0.950. The third kappa shape index (κ3) is 3.54. The highest BCUT2D eigenvalue weighted by atomic mass is 79.9. The van der Waals surface area contributed by atoms with Gasteiger partial charge in [-0.25, -0.2) is 0 Å². The van der Waals surface area contributed by atoms with Gasteiger partial charge in [0.1, 0.15) is 5.76 Å². The number of hydrogen-bond acceptors (Lipinski definition) is 2. The van der Waals surface area contributed by atoms with Crippen LogP contribution in [0.1, 0.15) is 11.3 Å². The Bertz CT molecular complexity index is 581. The predicted molar refractivity (Wildman–Crippen MR) is 72.9 cm³/mol. The van der Waals surface area contributed by atoms with Crippen molar-refractivity contribution in [1.29, 1.82) is 0 Å². The summed E-state index contributed by atoms with van der Waals surface area (Å²) in [5.74, 6) is 0.538. The molecule has 102 valence electrons. The maximum Gasteiger partial charge on any atom is 0.418 e. The monoisotopic (exact) mass is 397 g/mol. The molecule has 0 fully saturated rings. The van der Waals surface area contributed by atoms with Crippen molar-refractivity contribution in [3.63, 3.8) is 0 Å². The van der Waals surface area contributed by atoms with Crippen molar-refractivity contribution in [3.8, 4) is 0 Å². The minimum absolute atomic E-state index is 0.0130. The quantitative estimate of drug-likeness (QED) is 0.745. The lowest BCUT2D eigenvalue weighted by Gasteiger charge is -2.14. The molecule has 1 heterocycles. The Labute approximate surface area is 124 Å². The topological polar surface area (TPSA) is 25.2 Å². The second-order valence-corrected chi connectivity index (χ2v) is 5.50. The van der Waals surface area contributed by atoms with Crippen LogP contribution in [0.3, 0.4) is 0 Å². The fourth-order valence-corrected chi connectivity index (χ4v) is 2.23. The van der Waals surface area contributed by atoms with Gasteiger partial charge in [0.2, 0.25) is 0 Å². The van der Waals surface area contributed by atoms with Crippen molar-refractivity contribution in [2.24, 2.45) is 0 Å². The standard InChI is InChI=1S/C12H8Br2F3NO/c13-7-1-2-10(8(5-7)12(15,16)17)18-6-11-9(14)3-4-19-11/h1-5,18H,6H2. The molecule has 0 saturated carbocycles. The highest BCUT2D eigenvalue weighted by Gasteiger charge is 2.33. The second kappa shape index (κ2) is 5.58. The molecule has 2 aromatic rings. The minimum Gasteiger partial charge on any atom is -0.466 e. The Morgan fingerprint density at radius 1 is 1.16 bits per heavy atom. The number of furan rings is 1. The largest absolute Gasteiger partial charge is 0.466 e. The summed E-state index contributed by atoms with van der Waals surface area (Å²) in [7, 11) is 0. The van der Waals surface area contributed by atoms with Gasteiger partial charge in [-0.2, -0.15) is 13.2 Å². The third-order valence-electron chi connectivity index (χ3n) is 2.42. The lowest BCUT2D eigenvalue weighted by molar-refractivity contribution is -0.137. The average Bonchev–Trinajstić information content (AvgIpc) is 2.72. The first-order valence-corrected chi connectivity index (χ1v) is 6.79. The Morgan fingerprint density at radius 3 is 2.47 bits per heavy atom. The van der Waals surface area contributed by atoms with E-state index in [4.69, 9.17) is 4.42 Å². The van der Waals surface area contributed by atoms with Gasteiger partial charge in [-0.05, 0) is 40.2 Å². The summed E-state index contributed by atoms with van der Waals surface area (Å²) in [5.41, 5.74) is -0.705. The van der Waals surface area contributed by atoms with E-state index in [-0.39, 0.29) is 12.2 Å². The third-order valence-corrected chi connectivity index (χ3v) is 3.62. The van der Waals surface area contributed by atoms with E-state index in [1.54, 1.807) is 12.1 Å². The lowest BCUT2D eigenvalue weighted by atomic mass is 10.1. The minimum atomic E-state index is -4.41. The molecule has 0 radical (unpaired) electrons. The van der Waals surface area contributed by atoms with Crippen molar-refractivity contribution in [1.82, 2.24) is 0 Å². The van der Waals surface area contributed by atoms with Crippen LogP contribution >= 0.6 is 31.9 Å². The van der Waals surface area contributed by atoms with Gasteiger partial charge in [0.15, 0.2) is 0 Å². The molecule has 2 rings (SSSR count). The molecule has 0 amide bonds. The summed E-state index contributed by atoms with van der Waals surface area (Å²) in [6.07, 6.45) is -2.94. The molecule has 0 aliphatic heterocycles. The van der Waals surface area contributed by atoms with Crippen molar-refractivity contribution in [3.05, 3.63) is 50.8 Å². The van der Waals surface area contributed by atoms with Crippen LogP contribution in [0.5, 0.6) is 0 Å². The molecule has 0 saturated heterocycles. The molecule has 0 aliphatic rings. The summed E-state index contributed by atoms with van der Waals surface area (Å²) >= 11 is 6.28. The van der Waals surface area contributed by atoms with Crippen LogP contribution in [0.2, 0.25) is 0 Å². The van der Waals surface area contributed by atoms with E-state index in [1.165, 1.54) is 12.3 Å². The van der Waals surface area contributed by atoms with Gasteiger partial charge in [-0.1, -0.05) is 15.9 Å². The van der Waals surface area contributed by atoms with Crippen LogP contribution in [-0.4, -0.2) is 0 Å². The molecule has 0 bridgehead atoms. The maximum atomic E-state index is 12.9. The van der Waals surface area contributed by atoms with Crippen molar-refractivity contribution >= 4 is 37.5 Å². The van der Waals surface area contributed by atoms with E-state index in [1.807, 2.05) is 0 Å². The van der Waals surface area contributed by atoms with Gasteiger partial charge in [-0.15, -0.1) is 0 Å². The summed E-state index contributed by atoms with van der Waals surface area (Å²) in [5, 5.41) is 2.73. The fraction of sp³-hybridized carbons (Fsp3) is 0.167.